The predicted molar refractivity (Wildman–Crippen MR) is 84.8 cm³/mol. The van der Waals surface area contributed by atoms with Crippen LogP contribution in [0.4, 0.5) is 5.95 Å². The first-order valence-corrected chi connectivity index (χ1v) is 8.91. The molecule has 2 aromatic rings. The number of aromatic nitrogens is 2. The summed E-state index contributed by atoms with van der Waals surface area (Å²) in [5, 5.41) is 2.96. The van der Waals surface area contributed by atoms with Gasteiger partial charge in [0, 0.05) is 32.0 Å². The summed E-state index contributed by atoms with van der Waals surface area (Å²) >= 11 is 0. The standard InChI is InChI=1S/C14H19N5O3S/c20-23(21,18-9-8-17-14-15-6-3-7-16-14)19-10-1-4-12(19)13-5-2-11-22-13/h2-3,5-7,11-12,18H,1,4,8-10H2,(H,15,16,17)/t12-/m1/s1. The monoisotopic (exact) mass is 337 g/mol. The molecule has 9 heteroatoms. The molecule has 3 heterocycles. The molecule has 1 atom stereocenters. The fourth-order valence-corrected chi connectivity index (χ4v) is 4.06. The lowest BCUT2D eigenvalue weighted by Gasteiger charge is -2.22. The van der Waals surface area contributed by atoms with Crippen molar-refractivity contribution >= 4 is 16.2 Å². The Morgan fingerprint density at radius 3 is 2.83 bits per heavy atom. The molecule has 0 amide bonds. The minimum atomic E-state index is -3.55. The van der Waals surface area contributed by atoms with Gasteiger partial charge >= 0.3 is 0 Å². The number of rotatable bonds is 7. The molecular weight excluding hydrogens is 318 g/mol. The first kappa shape index (κ1) is 15.9. The summed E-state index contributed by atoms with van der Waals surface area (Å²) in [5.41, 5.74) is 0. The van der Waals surface area contributed by atoms with Gasteiger partial charge < -0.3 is 9.73 Å². The van der Waals surface area contributed by atoms with Gasteiger partial charge in [0.05, 0.1) is 12.3 Å². The van der Waals surface area contributed by atoms with Crippen molar-refractivity contribution in [2.45, 2.75) is 18.9 Å². The van der Waals surface area contributed by atoms with E-state index < -0.39 is 10.2 Å². The number of hydrogen-bond donors (Lipinski definition) is 2. The Bertz CT molecular complexity index is 705. The van der Waals surface area contributed by atoms with Gasteiger partial charge in [0.1, 0.15) is 5.76 Å². The summed E-state index contributed by atoms with van der Waals surface area (Å²) in [6.07, 6.45) is 6.40. The molecule has 1 fully saturated rings. The second-order valence-corrected chi connectivity index (χ2v) is 6.89. The molecular formula is C14H19N5O3S. The molecule has 1 aliphatic rings. The van der Waals surface area contributed by atoms with Gasteiger partial charge in [0.15, 0.2) is 0 Å². The first-order valence-electron chi connectivity index (χ1n) is 7.47. The van der Waals surface area contributed by atoms with Crippen LogP contribution in [0.3, 0.4) is 0 Å². The van der Waals surface area contributed by atoms with Gasteiger partial charge in [-0.05, 0) is 31.0 Å². The summed E-state index contributed by atoms with van der Waals surface area (Å²) in [5.74, 6) is 1.16. The van der Waals surface area contributed by atoms with Crippen molar-refractivity contribution in [3.63, 3.8) is 0 Å². The summed E-state index contributed by atoms with van der Waals surface area (Å²) in [6.45, 7) is 1.15. The third-order valence-corrected chi connectivity index (χ3v) is 5.27. The van der Waals surface area contributed by atoms with Crippen LogP contribution in [0.15, 0.2) is 41.3 Å². The van der Waals surface area contributed by atoms with Crippen molar-refractivity contribution in [3.05, 3.63) is 42.6 Å². The normalized spacial score (nSPS) is 19.0. The maximum Gasteiger partial charge on any atom is 0.280 e. The van der Waals surface area contributed by atoms with Gasteiger partial charge in [-0.1, -0.05) is 0 Å². The van der Waals surface area contributed by atoms with E-state index in [9.17, 15) is 8.42 Å². The van der Waals surface area contributed by atoms with Gasteiger partial charge in [-0.25, -0.2) is 14.7 Å². The van der Waals surface area contributed by atoms with Crippen molar-refractivity contribution in [1.82, 2.24) is 19.0 Å². The third-order valence-electron chi connectivity index (χ3n) is 3.64. The Labute approximate surface area is 135 Å². The fraction of sp³-hybridized carbons (Fsp3) is 0.429. The smallest absolute Gasteiger partial charge is 0.280 e. The fourth-order valence-electron chi connectivity index (χ4n) is 2.62. The average Bonchev–Trinajstić information content (AvgIpc) is 3.23. The van der Waals surface area contributed by atoms with Crippen molar-refractivity contribution in [1.29, 1.82) is 0 Å². The molecule has 3 rings (SSSR count). The molecule has 0 saturated carbocycles. The van der Waals surface area contributed by atoms with Crippen LogP contribution in [0.2, 0.25) is 0 Å². The Morgan fingerprint density at radius 1 is 1.26 bits per heavy atom. The van der Waals surface area contributed by atoms with E-state index in [1.165, 1.54) is 4.31 Å². The van der Waals surface area contributed by atoms with E-state index in [0.717, 1.165) is 12.8 Å². The second kappa shape index (κ2) is 7.07. The minimum Gasteiger partial charge on any atom is -0.468 e. The van der Waals surface area contributed by atoms with Gasteiger partial charge in [-0.3, -0.25) is 0 Å². The first-order chi connectivity index (χ1) is 11.2. The van der Waals surface area contributed by atoms with E-state index in [1.807, 2.05) is 6.07 Å². The number of anilines is 1. The summed E-state index contributed by atoms with van der Waals surface area (Å²) < 4.78 is 34.4. The molecule has 8 nitrogen and oxygen atoms in total. The van der Waals surface area contributed by atoms with Crippen LogP contribution in [-0.4, -0.2) is 42.3 Å². The molecule has 0 radical (unpaired) electrons. The van der Waals surface area contributed by atoms with Crippen LogP contribution in [-0.2, 0) is 10.2 Å². The predicted octanol–water partition coefficient (Wildman–Crippen LogP) is 1.15. The Balaban J connectivity index is 1.54. The van der Waals surface area contributed by atoms with Crippen LogP contribution in [0.25, 0.3) is 0 Å². The SMILES string of the molecule is O=S(=O)(NCCNc1ncccn1)N1CCC[C@@H]1c1ccco1. The highest BCUT2D eigenvalue weighted by molar-refractivity contribution is 7.87. The van der Waals surface area contributed by atoms with Gasteiger partial charge in [0.25, 0.3) is 10.2 Å². The molecule has 0 spiro atoms. The highest BCUT2D eigenvalue weighted by atomic mass is 32.2. The van der Waals surface area contributed by atoms with E-state index in [4.69, 9.17) is 4.42 Å². The zero-order valence-electron chi connectivity index (χ0n) is 12.6. The molecule has 1 saturated heterocycles. The second-order valence-electron chi connectivity index (χ2n) is 5.18. The summed E-state index contributed by atoms with van der Waals surface area (Å²) in [6, 6.07) is 5.08. The lowest BCUT2D eigenvalue weighted by atomic mass is 10.2. The van der Waals surface area contributed by atoms with Gasteiger partial charge in [-0.2, -0.15) is 12.7 Å². The molecule has 124 valence electrons. The van der Waals surface area contributed by atoms with E-state index in [-0.39, 0.29) is 12.6 Å². The summed E-state index contributed by atoms with van der Waals surface area (Å²) in [7, 11) is -3.55. The molecule has 0 aliphatic carbocycles. The maximum atomic E-state index is 12.5. The third kappa shape index (κ3) is 3.87. The maximum absolute atomic E-state index is 12.5. The lowest BCUT2D eigenvalue weighted by molar-refractivity contribution is 0.336. The Kier molecular flexibility index (Phi) is 4.89. The molecule has 2 N–H and O–H groups in total. The van der Waals surface area contributed by atoms with E-state index >= 15 is 0 Å². The van der Waals surface area contributed by atoms with Gasteiger partial charge in [-0.15, -0.1) is 0 Å². The highest BCUT2D eigenvalue weighted by Gasteiger charge is 2.36. The van der Waals surface area contributed by atoms with Crippen LogP contribution in [0.5, 0.6) is 0 Å². The molecule has 1 aliphatic heterocycles. The van der Waals surface area contributed by atoms with E-state index in [0.29, 0.717) is 24.8 Å². The zero-order chi connectivity index (χ0) is 16.1. The lowest BCUT2D eigenvalue weighted by Crippen LogP contribution is -2.41. The Hall–Kier alpha value is -1.97. The number of nitrogens with one attached hydrogen (secondary N) is 2. The largest absolute Gasteiger partial charge is 0.468 e. The Morgan fingerprint density at radius 2 is 2.09 bits per heavy atom. The van der Waals surface area contributed by atoms with Crippen molar-refractivity contribution in [3.8, 4) is 0 Å². The highest BCUT2D eigenvalue weighted by Crippen LogP contribution is 2.33. The van der Waals surface area contributed by atoms with Gasteiger partial charge in [0.2, 0.25) is 5.95 Å². The quantitative estimate of drug-likeness (QED) is 0.735. The minimum absolute atomic E-state index is 0.229. The van der Waals surface area contributed by atoms with Crippen LogP contribution in [0, 0.1) is 0 Å². The molecule has 0 unspecified atom stereocenters. The average molecular weight is 337 g/mol. The van der Waals surface area contributed by atoms with Crippen molar-refractivity contribution in [2.75, 3.05) is 25.0 Å². The van der Waals surface area contributed by atoms with E-state index in [1.54, 1.807) is 30.8 Å². The molecule has 2 aromatic heterocycles. The number of hydrogen-bond acceptors (Lipinski definition) is 6. The van der Waals surface area contributed by atoms with Crippen LogP contribution >= 0.6 is 0 Å². The molecule has 0 bridgehead atoms. The number of nitrogens with zero attached hydrogens (tertiary/aromatic N) is 3. The number of furan rings is 1. The van der Waals surface area contributed by atoms with Crippen LogP contribution < -0.4 is 10.0 Å². The van der Waals surface area contributed by atoms with E-state index in [2.05, 4.69) is 20.0 Å². The molecule has 0 aromatic carbocycles. The summed E-state index contributed by atoms with van der Waals surface area (Å²) in [4.78, 5) is 8.03. The zero-order valence-corrected chi connectivity index (χ0v) is 13.4. The topological polar surface area (TPSA) is 100 Å². The van der Waals surface area contributed by atoms with Crippen molar-refractivity contribution in [2.24, 2.45) is 0 Å². The van der Waals surface area contributed by atoms with Crippen LogP contribution in [0.1, 0.15) is 24.6 Å². The van der Waals surface area contributed by atoms with Crippen molar-refractivity contribution < 1.29 is 12.8 Å². The molecule has 23 heavy (non-hydrogen) atoms.